The third-order valence-corrected chi connectivity index (χ3v) is 2.90. The Morgan fingerprint density at radius 2 is 1.94 bits per heavy atom. The van der Waals surface area contributed by atoms with Crippen LogP contribution in [0.2, 0.25) is 0 Å². The highest BCUT2D eigenvalue weighted by Gasteiger charge is 2.25. The summed E-state index contributed by atoms with van der Waals surface area (Å²) < 4.78 is 4.83. The summed E-state index contributed by atoms with van der Waals surface area (Å²) in [5, 5.41) is 18.9. The lowest BCUT2D eigenvalue weighted by molar-refractivity contribution is -0.135. The fourth-order valence-corrected chi connectivity index (χ4v) is 1.79. The molecule has 1 heterocycles. The largest absolute Gasteiger partial charge is 0.458 e. The molecule has 92 valence electrons. The number of cyclic esters (lactones) is 1. The minimum Gasteiger partial charge on any atom is -0.458 e. The van der Waals surface area contributed by atoms with Crippen LogP contribution in [-0.2, 0) is 9.53 Å². The summed E-state index contributed by atoms with van der Waals surface area (Å²) in [5.74, 6) is -0.321. The third-order valence-electron chi connectivity index (χ3n) is 2.90. The van der Waals surface area contributed by atoms with Crippen molar-refractivity contribution in [2.75, 3.05) is 6.61 Å². The fraction of sp³-hybridized carbons (Fsp3) is 0.750. The standard InChI is InChI=1S/C12H20O4/c1-8(13)5-3-4-6-11(14)10-7-16-12(15)9(10)2/h8,11,13-14H,3-7H2,1-2H3/t8-,11?/m1/s1. The molecule has 4 heteroatoms. The highest BCUT2D eigenvalue weighted by atomic mass is 16.5. The van der Waals surface area contributed by atoms with Crippen LogP contribution in [0.3, 0.4) is 0 Å². The van der Waals surface area contributed by atoms with Crippen molar-refractivity contribution in [2.45, 2.75) is 51.7 Å². The Morgan fingerprint density at radius 3 is 2.44 bits per heavy atom. The minimum absolute atomic E-state index is 0.224. The molecule has 0 radical (unpaired) electrons. The molecule has 0 bridgehead atoms. The van der Waals surface area contributed by atoms with Crippen molar-refractivity contribution in [3.8, 4) is 0 Å². The van der Waals surface area contributed by atoms with Gasteiger partial charge < -0.3 is 14.9 Å². The van der Waals surface area contributed by atoms with Crippen molar-refractivity contribution in [3.05, 3.63) is 11.1 Å². The molecule has 0 aromatic rings. The molecular weight excluding hydrogens is 208 g/mol. The Balaban J connectivity index is 2.30. The van der Waals surface area contributed by atoms with E-state index in [1.165, 1.54) is 0 Å². The number of hydrogen-bond donors (Lipinski definition) is 2. The van der Waals surface area contributed by atoms with Crippen LogP contribution in [-0.4, -0.2) is 35.0 Å². The number of rotatable bonds is 6. The number of hydrogen-bond acceptors (Lipinski definition) is 4. The maximum atomic E-state index is 11.1. The molecule has 1 rings (SSSR count). The summed E-state index contributed by atoms with van der Waals surface area (Å²) in [5.41, 5.74) is 1.25. The summed E-state index contributed by atoms with van der Waals surface area (Å²) in [7, 11) is 0. The van der Waals surface area contributed by atoms with Crippen LogP contribution >= 0.6 is 0 Å². The van der Waals surface area contributed by atoms with Gasteiger partial charge in [0.2, 0.25) is 0 Å². The van der Waals surface area contributed by atoms with Crippen LogP contribution in [0.4, 0.5) is 0 Å². The zero-order chi connectivity index (χ0) is 12.1. The van der Waals surface area contributed by atoms with Crippen LogP contribution in [0.15, 0.2) is 11.1 Å². The minimum atomic E-state index is -0.583. The monoisotopic (exact) mass is 228 g/mol. The molecule has 4 nitrogen and oxygen atoms in total. The van der Waals surface area contributed by atoms with Gasteiger partial charge in [0.1, 0.15) is 6.61 Å². The van der Waals surface area contributed by atoms with Gasteiger partial charge >= 0.3 is 5.97 Å². The average molecular weight is 228 g/mol. The SMILES string of the molecule is CC1=C(C(O)CCCC[C@@H](C)O)COC1=O. The summed E-state index contributed by atoms with van der Waals surface area (Å²) in [6.45, 7) is 3.67. The molecule has 1 unspecified atom stereocenters. The van der Waals surface area contributed by atoms with Crippen molar-refractivity contribution in [3.63, 3.8) is 0 Å². The number of aliphatic hydroxyl groups excluding tert-OH is 2. The van der Waals surface area contributed by atoms with Gasteiger partial charge in [-0.2, -0.15) is 0 Å². The zero-order valence-corrected chi connectivity index (χ0v) is 9.90. The van der Waals surface area contributed by atoms with E-state index in [9.17, 15) is 9.90 Å². The molecule has 0 aliphatic carbocycles. The van der Waals surface area contributed by atoms with E-state index in [4.69, 9.17) is 9.84 Å². The van der Waals surface area contributed by atoms with E-state index in [1.807, 2.05) is 0 Å². The molecule has 2 N–H and O–H groups in total. The lowest BCUT2D eigenvalue weighted by Crippen LogP contribution is -2.12. The number of esters is 1. The topological polar surface area (TPSA) is 66.8 Å². The number of aliphatic hydroxyl groups is 2. The molecule has 1 aliphatic heterocycles. The first-order valence-corrected chi connectivity index (χ1v) is 5.75. The first kappa shape index (κ1) is 13.2. The number of unbranched alkanes of at least 4 members (excludes halogenated alkanes) is 1. The first-order chi connectivity index (χ1) is 7.52. The van der Waals surface area contributed by atoms with E-state index in [-0.39, 0.29) is 18.7 Å². The van der Waals surface area contributed by atoms with E-state index in [0.29, 0.717) is 17.6 Å². The molecule has 16 heavy (non-hydrogen) atoms. The molecule has 0 saturated carbocycles. The van der Waals surface area contributed by atoms with Crippen LogP contribution in [0.25, 0.3) is 0 Å². The molecule has 0 spiro atoms. The van der Waals surface area contributed by atoms with E-state index in [0.717, 1.165) is 19.3 Å². The van der Waals surface area contributed by atoms with Gasteiger partial charge in [-0.1, -0.05) is 12.8 Å². The van der Waals surface area contributed by atoms with E-state index >= 15 is 0 Å². The lowest BCUT2D eigenvalue weighted by atomic mass is 10.0. The van der Waals surface area contributed by atoms with Gasteiger partial charge in [0.25, 0.3) is 0 Å². The Bertz CT molecular complexity index is 281. The second-order valence-corrected chi connectivity index (χ2v) is 4.38. The third kappa shape index (κ3) is 3.61. The van der Waals surface area contributed by atoms with Crippen molar-refractivity contribution in [2.24, 2.45) is 0 Å². The first-order valence-electron chi connectivity index (χ1n) is 5.75. The van der Waals surface area contributed by atoms with E-state index in [2.05, 4.69) is 0 Å². The molecule has 0 amide bonds. The molecule has 0 aromatic carbocycles. The van der Waals surface area contributed by atoms with Gasteiger partial charge in [-0.3, -0.25) is 0 Å². The Kier molecular flexibility index (Phi) is 4.96. The predicted molar refractivity (Wildman–Crippen MR) is 59.8 cm³/mol. The Morgan fingerprint density at radius 1 is 1.31 bits per heavy atom. The molecule has 0 saturated heterocycles. The van der Waals surface area contributed by atoms with Crippen molar-refractivity contribution >= 4 is 5.97 Å². The smallest absolute Gasteiger partial charge is 0.334 e. The van der Waals surface area contributed by atoms with Crippen molar-refractivity contribution in [1.29, 1.82) is 0 Å². The predicted octanol–water partition coefficient (Wildman–Crippen LogP) is 1.16. The highest BCUT2D eigenvalue weighted by Crippen LogP contribution is 2.21. The number of ether oxygens (including phenoxy) is 1. The summed E-state index contributed by atoms with van der Waals surface area (Å²) in [4.78, 5) is 11.1. The number of carbonyl (C=O) groups excluding carboxylic acids is 1. The second kappa shape index (κ2) is 6.01. The summed E-state index contributed by atoms with van der Waals surface area (Å²) in [6.07, 6.45) is 2.23. The summed E-state index contributed by atoms with van der Waals surface area (Å²) in [6, 6.07) is 0. The van der Waals surface area contributed by atoms with Crippen molar-refractivity contribution in [1.82, 2.24) is 0 Å². The van der Waals surface area contributed by atoms with Gasteiger partial charge in [0, 0.05) is 11.1 Å². The maximum Gasteiger partial charge on any atom is 0.334 e. The van der Waals surface area contributed by atoms with Crippen molar-refractivity contribution < 1.29 is 19.7 Å². The average Bonchev–Trinajstić information content (AvgIpc) is 2.54. The van der Waals surface area contributed by atoms with E-state index < -0.39 is 6.10 Å². The van der Waals surface area contributed by atoms with Crippen LogP contribution in [0.5, 0.6) is 0 Å². The van der Waals surface area contributed by atoms with Gasteiger partial charge in [0.15, 0.2) is 0 Å². The van der Waals surface area contributed by atoms with E-state index in [1.54, 1.807) is 13.8 Å². The Labute approximate surface area is 95.9 Å². The zero-order valence-electron chi connectivity index (χ0n) is 9.90. The quantitative estimate of drug-likeness (QED) is 0.529. The lowest BCUT2D eigenvalue weighted by Gasteiger charge is -2.11. The van der Waals surface area contributed by atoms with Gasteiger partial charge in [-0.15, -0.1) is 0 Å². The second-order valence-electron chi connectivity index (χ2n) is 4.38. The van der Waals surface area contributed by atoms with Gasteiger partial charge in [0.05, 0.1) is 12.2 Å². The Hall–Kier alpha value is -0.870. The maximum absolute atomic E-state index is 11.1. The number of carbonyl (C=O) groups is 1. The fourth-order valence-electron chi connectivity index (χ4n) is 1.79. The van der Waals surface area contributed by atoms with Crippen LogP contribution in [0, 0.1) is 0 Å². The molecule has 2 atom stereocenters. The van der Waals surface area contributed by atoms with Crippen LogP contribution in [0.1, 0.15) is 39.5 Å². The molecule has 1 aliphatic rings. The summed E-state index contributed by atoms with van der Waals surface area (Å²) >= 11 is 0. The van der Waals surface area contributed by atoms with Gasteiger partial charge in [-0.25, -0.2) is 4.79 Å². The van der Waals surface area contributed by atoms with Gasteiger partial charge in [-0.05, 0) is 26.7 Å². The normalized spacial score (nSPS) is 19.9. The van der Waals surface area contributed by atoms with Crippen LogP contribution < -0.4 is 0 Å². The molecule has 0 fully saturated rings. The highest BCUT2D eigenvalue weighted by molar-refractivity contribution is 5.91. The molecule has 0 aromatic heterocycles. The molecular formula is C12H20O4.